The Morgan fingerprint density at radius 1 is 1.35 bits per heavy atom. The average Bonchev–Trinajstić information content (AvgIpc) is 2.23. The van der Waals surface area contributed by atoms with Crippen molar-refractivity contribution in [2.45, 2.75) is 19.0 Å². The second-order valence-corrected chi connectivity index (χ2v) is 4.27. The van der Waals surface area contributed by atoms with Crippen molar-refractivity contribution in [2.24, 2.45) is 0 Å². The van der Waals surface area contributed by atoms with Gasteiger partial charge < -0.3 is 5.32 Å². The van der Waals surface area contributed by atoms with E-state index in [2.05, 4.69) is 21.2 Å². The number of nitrogens with one attached hydrogen (secondary N) is 1. The number of halogens is 4. The molecule has 0 aliphatic heterocycles. The molecule has 1 aromatic carbocycles. The van der Waals surface area contributed by atoms with Crippen LogP contribution in [0.15, 0.2) is 22.7 Å². The van der Waals surface area contributed by atoms with E-state index in [9.17, 15) is 13.2 Å². The Labute approximate surface area is 106 Å². The molecule has 1 N–H and O–H groups in total. The lowest BCUT2D eigenvalue weighted by atomic mass is 10.2. The highest BCUT2D eigenvalue weighted by molar-refractivity contribution is 9.10. The van der Waals surface area contributed by atoms with Crippen LogP contribution in [-0.2, 0) is 0 Å². The first kappa shape index (κ1) is 13.8. The van der Waals surface area contributed by atoms with Gasteiger partial charge in [-0.2, -0.15) is 18.4 Å². The number of benzene rings is 1. The van der Waals surface area contributed by atoms with Crippen LogP contribution in [-0.4, -0.2) is 12.7 Å². The second-order valence-electron chi connectivity index (χ2n) is 3.42. The Morgan fingerprint density at radius 3 is 2.65 bits per heavy atom. The molecule has 0 aliphatic carbocycles. The molecule has 17 heavy (non-hydrogen) atoms. The normalized spacial score (nSPS) is 11.0. The minimum absolute atomic E-state index is 0.0130. The highest BCUT2D eigenvalue weighted by Gasteiger charge is 2.25. The summed E-state index contributed by atoms with van der Waals surface area (Å²) in [5.41, 5.74) is 0.948. The Hall–Kier alpha value is -1.22. The lowest BCUT2D eigenvalue weighted by Gasteiger charge is -2.10. The van der Waals surface area contributed by atoms with Gasteiger partial charge in [-0.15, -0.1) is 0 Å². The number of nitrogens with zero attached hydrogens (tertiary/aromatic N) is 1. The minimum atomic E-state index is -4.13. The smallest absolute Gasteiger partial charge is 0.384 e. The number of hydrogen-bond acceptors (Lipinski definition) is 2. The van der Waals surface area contributed by atoms with E-state index in [1.807, 2.05) is 6.07 Å². The van der Waals surface area contributed by atoms with Gasteiger partial charge in [0, 0.05) is 17.4 Å². The molecule has 92 valence electrons. The van der Waals surface area contributed by atoms with Gasteiger partial charge in [-0.3, -0.25) is 0 Å². The van der Waals surface area contributed by atoms with Crippen molar-refractivity contribution in [3.8, 4) is 6.07 Å². The quantitative estimate of drug-likeness (QED) is 0.851. The third-order valence-corrected chi connectivity index (χ3v) is 2.74. The zero-order chi connectivity index (χ0) is 12.9. The van der Waals surface area contributed by atoms with Crippen molar-refractivity contribution in [3.63, 3.8) is 0 Å². The van der Waals surface area contributed by atoms with Gasteiger partial charge in [0.05, 0.1) is 11.3 Å². The first-order chi connectivity index (χ1) is 7.94. The summed E-state index contributed by atoms with van der Waals surface area (Å²) in [7, 11) is 0. The zero-order valence-corrected chi connectivity index (χ0v) is 10.4. The molecule has 0 saturated heterocycles. The monoisotopic (exact) mass is 306 g/mol. The van der Waals surface area contributed by atoms with Crippen LogP contribution in [0.2, 0.25) is 0 Å². The molecule has 1 aromatic rings. The number of anilines is 1. The van der Waals surface area contributed by atoms with E-state index >= 15 is 0 Å². The molecule has 2 nitrogen and oxygen atoms in total. The van der Waals surface area contributed by atoms with Gasteiger partial charge >= 0.3 is 6.18 Å². The summed E-state index contributed by atoms with van der Waals surface area (Å²) in [6.45, 7) is 0.185. The Bertz CT molecular complexity index is 424. The van der Waals surface area contributed by atoms with Gasteiger partial charge in [0.25, 0.3) is 0 Å². The fourth-order valence-corrected chi connectivity index (χ4v) is 1.75. The van der Waals surface area contributed by atoms with Gasteiger partial charge in [-0.1, -0.05) is 6.07 Å². The molecule has 0 bridgehead atoms. The van der Waals surface area contributed by atoms with Crippen LogP contribution in [0.3, 0.4) is 0 Å². The maximum absolute atomic E-state index is 11.9. The van der Waals surface area contributed by atoms with Gasteiger partial charge in [-0.05, 0) is 34.5 Å². The SMILES string of the molecule is N#Cc1c(Br)cccc1NCCCC(F)(F)F. The molecule has 0 unspecified atom stereocenters. The Morgan fingerprint density at radius 2 is 2.06 bits per heavy atom. The molecule has 0 spiro atoms. The maximum atomic E-state index is 11.9. The summed E-state index contributed by atoms with van der Waals surface area (Å²) in [6.07, 6.45) is -4.96. The van der Waals surface area contributed by atoms with Crippen LogP contribution in [0, 0.1) is 11.3 Å². The van der Waals surface area contributed by atoms with E-state index in [-0.39, 0.29) is 13.0 Å². The van der Waals surface area contributed by atoms with Crippen LogP contribution in [0.1, 0.15) is 18.4 Å². The molecular formula is C11H10BrF3N2. The first-order valence-corrected chi connectivity index (χ1v) is 5.72. The summed E-state index contributed by atoms with van der Waals surface area (Å²) in [5, 5.41) is 11.7. The van der Waals surface area contributed by atoms with E-state index < -0.39 is 12.6 Å². The predicted molar refractivity (Wildman–Crippen MR) is 62.6 cm³/mol. The third kappa shape index (κ3) is 4.65. The lowest BCUT2D eigenvalue weighted by Crippen LogP contribution is -2.11. The Balaban J connectivity index is 2.53. The van der Waals surface area contributed by atoms with Crippen LogP contribution in [0.25, 0.3) is 0 Å². The maximum Gasteiger partial charge on any atom is 0.389 e. The highest BCUT2D eigenvalue weighted by Crippen LogP contribution is 2.25. The first-order valence-electron chi connectivity index (χ1n) is 4.93. The summed E-state index contributed by atoms with van der Waals surface area (Å²) >= 11 is 3.21. The average molecular weight is 307 g/mol. The molecule has 0 aliphatic rings. The van der Waals surface area contributed by atoms with Crippen molar-refractivity contribution in [1.82, 2.24) is 0 Å². The van der Waals surface area contributed by atoms with Crippen LogP contribution >= 0.6 is 15.9 Å². The summed E-state index contributed by atoms with van der Waals surface area (Å²) in [5.74, 6) is 0. The number of hydrogen-bond donors (Lipinski definition) is 1. The van der Waals surface area contributed by atoms with E-state index in [1.54, 1.807) is 18.2 Å². The molecule has 0 fully saturated rings. The van der Waals surface area contributed by atoms with E-state index in [4.69, 9.17) is 5.26 Å². The predicted octanol–water partition coefficient (Wildman–Crippen LogP) is 4.08. The van der Waals surface area contributed by atoms with Crippen molar-refractivity contribution >= 4 is 21.6 Å². The number of rotatable bonds is 4. The van der Waals surface area contributed by atoms with E-state index in [1.165, 1.54) is 0 Å². The minimum Gasteiger partial charge on any atom is -0.384 e. The molecule has 1 rings (SSSR count). The summed E-state index contributed by atoms with van der Waals surface area (Å²) in [4.78, 5) is 0. The van der Waals surface area contributed by atoms with Crippen molar-refractivity contribution in [3.05, 3.63) is 28.2 Å². The van der Waals surface area contributed by atoms with Crippen LogP contribution < -0.4 is 5.32 Å². The topological polar surface area (TPSA) is 35.8 Å². The van der Waals surface area contributed by atoms with Crippen LogP contribution in [0.4, 0.5) is 18.9 Å². The standard InChI is InChI=1S/C11H10BrF3N2/c12-9-3-1-4-10(8(9)7-16)17-6-2-5-11(13,14)15/h1,3-4,17H,2,5-6H2. The summed E-state index contributed by atoms with van der Waals surface area (Å²) < 4.78 is 36.3. The molecule has 0 atom stereocenters. The van der Waals surface area contributed by atoms with E-state index in [0.717, 1.165) is 0 Å². The second kappa shape index (κ2) is 5.92. The molecule has 0 heterocycles. The molecule has 0 radical (unpaired) electrons. The molecule has 6 heteroatoms. The fraction of sp³-hybridized carbons (Fsp3) is 0.364. The molecule has 0 saturated carbocycles. The van der Waals surface area contributed by atoms with Crippen molar-refractivity contribution in [2.75, 3.05) is 11.9 Å². The highest BCUT2D eigenvalue weighted by atomic mass is 79.9. The zero-order valence-electron chi connectivity index (χ0n) is 8.81. The largest absolute Gasteiger partial charge is 0.389 e. The third-order valence-electron chi connectivity index (χ3n) is 2.08. The summed E-state index contributed by atoms with van der Waals surface area (Å²) in [6, 6.07) is 7.08. The fourth-order valence-electron chi connectivity index (χ4n) is 1.30. The van der Waals surface area contributed by atoms with Gasteiger partial charge in [0.15, 0.2) is 0 Å². The van der Waals surface area contributed by atoms with Gasteiger partial charge in [0.1, 0.15) is 6.07 Å². The Kier molecular flexibility index (Phi) is 4.82. The van der Waals surface area contributed by atoms with Crippen molar-refractivity contribution in [1.29, 1.82) is 5.26 Å². The van der Waals surface area contributed by atoms with Crippen LogP contribution in [0.5, 0.6) is 0 Å². The van der Waals surface area contributed by atoms with Gasteiger partial charge in [-0.25, -0.2) is 0 Å². The number of nitriles is 1. The molecular weight excluding hydrogens is 297 g/mol. The van der Waals surface area contributed by atoms with E-state index in [0.29, 0.717) is 15.7 Å². The lowest BCUT2D eigenvalue weighted by molar-refractivity contribution is -0.134. The van der Waals surface area contributed by atoms with Gasteiger partial charge in [0.2, 0.25) is 0 Å². The number of alkyl halides is 3. The van der Waals surface area contributed by atoms with Crippen molar-refractivity contribution < 1.29 is 13.2 Å². The molecule has 0 aromatic heterocycles. The molecule has 0 amide bonds.